The van der Waals surface area contributed by atoms with E-state index in [1.165, 1.54) is 18.9 Å². The monoisotopic (exact) mass is 510 g/mol. The summed E-state index contributed by atoms with van der Waals surface area (Å²) in [6, 6.07) is 0. The molecule has 0 heterocycles. The topological polar surface area (TPSA) is 52.6 Å². The summed E-state index contributed by atoms with van der Waals surface area (Å²) in [5, 5.41) is 0. The number of rotatable bonds is 3. The molecule has 0 radical (unpaired) electrons. The second-order valence-corrected chi connectivity index (χ2v) is 14.7. The maximum atomic E-state index is 13.4. The fraction of sp³-hybridized carbons (Fsp3) is 0.818. The van der Waals surface area contributed by atoms with Gasteiger partial charge in [-0.2, -0.15) is 0 Å². The third-order valence-electron chi connectivity index (χ3n) is 13.5. The summed E-state index contributed by atoms with van der Waals surface area (Å²) in [7, 11) is 1.58. The van der Waals surface area contributed by atoms with E-state index in [1.807, 2.05) is 0 Å². The van der Waals surface area contributed by atoms with Crippen molar-refractivity contribution in [3.05, 3.63) is 23.3 Å². The Bertz CT molecular complexity index is 1060. The van der Waals surface area contributed by atoms with Crippen molar-refractivity contribution >= 4 is 11.9 Å². The van der Waals surface area contributed by atoms with E-state index < -0.39 is 0 Å². The van der Waals surface area contributed by atoms with Crippen molar-refractivity contribution in [2.75, 3.05) is 13.7 Å². The highest BCUT2D eigenvalue weighted by Gasteiger charge is 2.70. The van der Waals surface area contributed by atoms with Crippen LogP contribution in [0.1, 0.15) is 100 Å². The molecule has 0 bridgehead atoms. The number of carbonyl (C=O) groups is 2. The lowest BCUT2D eigenvalue weighted by atomic mass is 9.35. The van der Waals surface area contributed by atoms with Crippen LogP contribution in [0.25, 0.3) is 0 Å². The molecule has 3 fully saturated rings. The molecule has 3 saturated carbocycles. The van der Waals surface area contributed by atoms with E-state index in [2.05, 4.69) is 60.6 Å². The number of esters is 2. The highest BCUT2D eigenvalue weighted by Crippen LogP contribution is 2.76. The Kier molecular flexibility index (Phi) is 6.17. The minimum Gasteiger partial charge on any atom is -0.469 e. The predicted molar refractivity (Wildman–Crippen MR) is 146 cm³/mol. The van der Waals surface area contributed by atoms with Gasteiger partial charge in [-0.25, -0.2) is 0 Å². The van der Waals surface area contributed by atoms with E-state index in [0.717, 1.165) is 38.5 Å². The van der Waals surface area contributed by atoms with Gasteiger partial charge in [0, 0.05) is 12.3 Å². The summed E-state index contributed by atoms with van der Waals surface area (Å²) in [5.74, 6) is 2.22. The normalized spacial score (nSPS) is 50.5. The van der Waals surface area contributed by atoms with E-state index in [9.17, 15) is 9.59 Å². The van der Waals surface area contributed by atoms with Gasteiger partial charge in [-0.05, 0) is 97.7 Å². The molecule has 37 heavy (non-hydrogen) atoms. The standard InChI is InChI=1S/C33H50O4/c1-20-12-15-33(28(35)36-9)17-16-30(6)24(27(33)22(20)3)10-11-26-31(30,7)14-13-25-29(5,19-37-23(4)34)18-21(2)32(25,26)8/h10,18,20,22,25-27H,11-17,19H2,1-9H3/t20-,22+,25?,26?,27?,29?,30-,31-,32+,33?/m1/s1. The third kappa shape index (κ3) is 3.32. The molecule has 5 aliphatic carbocycles. The van der Waals surface area contributed by atoms with Crippen LogP contribution in [0.4, 0.5) is 0 Å². The highest BCUT2D eigenvalue weighted by atomic mass is 16.5. The zero-order chi connectivity index (χ0) is 27.2. The zero-order valence-corrected chi connectivity index (χ0v) is 24.8. The Morgan fingerprint density at radius 1 is 1.00 bits per heavy atom. The summed E-state index contributed by atoms with van der Waals surface area (Å²) in [5.41, 5.74) is 2.89. The molecule has 0 amide bonds. The summed E-state index contributed by atoms with van der Waals surface area (Å²) < 4.78 is 11.1. The molecule has 0 aromatic rings. The lowest BCUT2D eigenvalue weighted by Gasteiger charge is -2.69. The molecule has 4 heteroatoms. The molecule has 0 saturated heterocycles. The maximum absolute atomic E-state index is 13.4. The van der Waals surface area contributed by atoms with Gasteiger partial charge in [0.1, 0.15) is 6.61 Å². The molecule has 4 nitrogen and oxygen atoms in total. The van der Waals surface area contributed by atoms with E-state index in [-0.39, 0.29) is 44.9 Å². The fourth-order valence-electron chi connectivity index (χ4n) is 11.0. The van der Waals surface area contributed by atoms with E-state index in [4.69, 9.17) is 9.47 Å². The van der Waals surface area contributed by atoms with Gasteiger partial charge >= 0.3 is 11.9 Å². The molecule has 5 aliphatic rings. The fourth-order valence-corrected chi connectivity index (χ4v) is 11.0. The second kappa shape index (κ2) is 8.46. The first-order chi connectivity index (χ1) is 17.2. The van der Waals surface area contributed by atoms with Gasteiger partial charge in [-0.15, -0.1) is 0 Å². The lowest BCUT2D eigenvalue weighted by Crippen LogP contribution is -2.63. The Morgan fingerprint density at radius 2 is 1.70 bits per heavy atom. The number of ether oxygens (including phenoxy) is 2. The van der Waals surface area contributed by atoms with E-state index >= 15 is 0 Å². The summed E-state index contributed by atoms with van der Waals surface area (Å²) in [6.45, 7) is 19.1. The molecule has 10 atom stereocenters. The van der Waals surface area contributed by atoms with Gasteiger partial charge < -0.3 is 9.47 Å². The van der Waals surface area contributed by atoms with Crippen LogP contribution in [-0.2, 0) is 19.1 Å². The van der Waals surface area contributed by atoms with Crippen LogP contribution < -0.4 is 0 Å². The van der Waals surface area contributed by atoms with Crippen molar-refractivity contribution in [2.24, 2.45) is 56.7 Å². The summed E-state index contributed by atoms with van der Waals surface area (Å²) in [6.07, 6.45) is 12.5. The van der Waals surface area contributed by atoms with Gasteiger partial charge in [-0.1, -0.05) is 64.8 Å². The van der Waals surface area contributed by atoms with Gasteiger partial charge in [0.15, 0.2) is 0 Å². The van der Waals surface area contributed by atoms with E-state index in [0.29, 0.717) is 30.3 Å². The Labute approximate surface area is 225 Å². The molecule has 0 aromatic carbocycles. The molecule has 0 spiro atoms. The number of hydrogen-bond donors (Lipinski definition) is 0. The molecular weight excluding hydrogens is 460 g/mol. The number of hydrogen-bond acceptors (Lipinski definition) is 4. The van der Waals surface area contributed by atoms with Crippen molar-refractivity contribution in [3.63, 3.8) is 0 Å². The number of fused-ring (bicyclic) bond motifs is 7. The van der Waals surface area contributed by atoms with Crippen LogP contribution in [0.2, 0.25) is 0 Å². The average Bonchev–Trinajstić information content (AvgIpc) is 3.05. The lowest BCUT2D eigenvalue weighted by molar-refractivity contribution is -0.177. The third-order valence-corrected chi connectivity index (χ3v) is 13.5. The second-order valence-electron chi connectivity index (χ2n) is 14.7. The quantitative estimate of drug-likeness (QED) is 0.291. The predicted octanol–water partition coefficient (Wildman–Crippen LogP) is 7.53. The Balaban J connectivity index is 1.58. The van der Waals surface area contributed by atoms with Crippen molar-refractivity contribution < 1.29 is 19.1 Å². The van der Waals surface area contributed by atoms with Crippen LogP contribution in [0.3, 0.4) is 0 Å². The first kappa shape index (κ1) is 27.0. The average molecular weight is 511 g/mol. The molecule has 5 unspecified atom stereocenters. The molecule has 0 aromatic heterocycles. The molecular formula is C33H50O4. The molecule has 0 N–H and O–H groups in total. The Hall–Kier alpha value is -1.58. The molecule has 206 valence electrons. The van der Waals surface area contributed by atoms with Gasteiger partial charge in [0.05, 0.1) is 12.5 Å². The minimum atomic E-state index is -0.359. The van der Waals surface area contributed by atoms with Crippen LogP contribution in [0.5, 0.6) is 0 Å². The number of carbonyl (C=O) groups excluding carboxylic acids is 2. The van der Waals surface area contributed by atoms with Crippen molar-refractivity contribution in [1.82, 2.24) is 0 Å². The first-order valence-electron chi connectivity index (χ1n) is 14.8. The van der Waals surface area contributed by atoms with Crippen molar-refractivity contribution in [2.45, 2.75) is 100 Å². The minimum absolute atomic E-state index is 0.0259. The van der Waals surface area contributed by atoms with Crippen LogP contribution >= 0.6 is 0 Å². The van der Waals surface area contributed by atoms with Crippen molar-refractivity contribution in [1.29, 1.82) is 0 Å². The van der Waals surface area contributed by atoms with Crippen LogP contribution in [0, 0.1) is 56.7 Å². The molecule has 5 rings (SSSR count). The summed E-state index contributed by atoms with van der Waals surface area (Å²) >= 11 is 0. The Morgan fingerprint density at radius 3 is 2.35 bits per heavy atom. The summed E-state index contributed by atoms with van der Waals surface area (Å²) in [4.78, 5) is 25.2. The smallest absolute Gasteiger partial charge is 0.312 e. The largest absolute Gasteiger partial charge is 0.469 e. The SMILES string of the molecule is COC(=O)C12CC[C@@H](C)[C@H](C)C1C1=CCC3[C@@]4(C)C(C)=CC(C)(COC(C)=O)C4CC[C@@]3(C)[C@]1(C)CC2. The van der Waals surface area contributed by atoms with Crippen LogP contribution in [-0.4, -0.2) is 25.7 Å². The van der Waals surface area contributed by atoms with Gasteiger partial charge in [-0.3, -0.25) is 9.59 Å². The number of methoxy groups -OCH3 is 1. The van der Waals surface area contributed by atoms with Crippen molar-refractivity contribution in [3.8, 4) is 0 Å². The molecule has 0 aliphatic heterocycles. The van der Waals surface area contributed by atoms with Crippen LogP contribution in [0.15, 0.2) is 23.3 Å². The zero-order valence-electron chi connectivity index (χ0n) is 24.8. The maximum Gasteiger partial charge on any atom is 0.312 e. The first-order valence-corrected chi connectivity index (χ1v) is 14.8. The number of allylic oxidation sites excluding steroid dienone is 3. The van der Waals surface area contributed by atoms with Gasteiger partial charge in [0.2, 0.25) is 0 Å². The van der Waals surface area contributed by atoms with E-state index in [1.54, 1.807) is 12.7 Å². The van der Waals surface area contributed by atoms with Gasteiger partial charge in [0.25, 0.3) is 0 Å². The highest BCUT2D eigenvalue weighted by molar-refractivity contribution is 5.78.